The van der Waals surface area contributed by atoms with Gasteiger partial charge in [0.25, 0.3) is 0 Å². The Kier molecular flexibility index (Phi) is 3.48. The summed E-state index contributed by atoms with van der Waals surface area (Å²) in [6.07, 6.45) is 0.929. The normalized spacial score (nSPS) is 16.9. The zero-order valence-electron chi connectivity index (χ0n) is 11.8. The van der Waals surface area contributed by atoms with Gasteiger partial charge in [-0.25, -0.2) is 0 Å². The molecule has 108 valence electrons. The zero-order valence-corrected chi connectivity index (χ0v) is 11.8. The SMILES string of the molecule is COc1ccc2c(c1)C(=O)C(Oc1ccc(C)nc1)CO2. The molecule has 2 heterocycles. The first-order chi connectivity index (χ1) is 10.2. The number of pyridine rings is 1. The average Bonchev–Trinajstić information content (AvgIpc) is 2.52. The van der Waals surface area contributed by atoms with Gasteiger partial charge in [0.1, 0.15) is 23.9 Å². The van der Waals surface area contributed by atoms with Gasteiger partial charge in [-0.05, 0) is 37.3 Å². The molecular weight excluding hydrogens is 270 g/mol. The van der Waals surface area contributed by atoms with Gasteiger partial charge >= 0.3 is 0 Å². The Hall–Kier alpha value is -2.56. The van der Waals surface area contributed by atoms with Crippen molar-refractivity contribution in [1.29, 1.82) is 0 Å². The van der Waals surface area contributed by atoms with E-state index in [-0.39, 0.29) is 12.4 Å². The summed E-state index contributed by atoms with van der Waals surface area (Å²) >= 11 is 0. The lowest BCUT2D eigenvalue weighted by atomic mass is 10.0. The minimum absolute atomic E-state index is 0.115. The third-order valence-corrected chi connectivity index (χ3v) is 3.30. The first-order valence-electron chi connectivity index (χ1n) is 6.62. The minimum Gasteiger partial charge on any atom is -0.497 e. The van der Waals surface area contributed by atoms with Gasteiger partial charge in [0.05, 0.1) is 18.9 Å². The average molecular weight is 285 g/mol. The quantitative estimate of drug-likeness (QED) is 0.866. The van der Waals surface area contributed by atoms with Crippen LogP contribution in [0.4, 0.5) is 0 Å². The predicted octanol–water partition coefficient (Wildman–Crippen LogP) is 2.42. The molecule has 1 aliphatic heterocycles. The molecule has 0 saturated heterocycles. The fraction of sp³-hybridized carbons (Fsp3) is 0.250. The van der Waals surface area contributed by atoms with E-state index >= 15 is 0 Å². The molecule has 5 heteroatoms. The molecular formula is C16H15NO4. The third kappa shape index (κ3) is 2.67. The van der Waals surface area contributed by atoms with Gasteiger partial charge in [0.2, 0.25) is 5.78 Å². The summed E-state index contributed by atoms with van der Waals surface area (Å²) in [5.74, 6) is 1.61. The monoisotopic (exact) mass is 285 g/mol. The molecule has 1 atom stereocenters. The second-order valence-electron chi connectivity index (χ2n) is 4.78. The Labute approximate surface area is 122 Å². The third-order valence-electron chi connectivity index (χ3n) is 3.30. The van der Waals surface area contributed by atoms with E-state index in [1.54, 1.807) is 37.6 Å². The van der Waals surface area contributed by atoms with Crippen LogP contribution in [0.25, 0.3) is 0 Å². The predicted molar refractivity (Wildman–Crippen MR) is 76.2 cm³/mol. The number of Topliss-reactive ketones (excluding diaryl/α,β-unsaturated/α-hetero) is 1. The van der Waals surface area contributed by atoms with Crippen molar-refractivity contribution >= 4 is 5.78 Å². The highest BCUT2D eigenvalue weighted by Crippen LogP contribution is 2.30. The molecule has 1 aromatic heterocycles. The second-order valence-corrected chi connectivity index (χ2v) is 4.78. The lowest BCUT2D eigenvalue weighted by Gasteiger charge is -2.25. The van der Waals surface area contributed by atoms with Crippen molar-refractivity contribution in [3.8, 4) is 17.2 Å². The maximum absolute atomic E-state index is 12.5. The van der Waals surface area contributed by atoms with Crippen LogP contribution in [0, 0.1) is 6.92 Å². The summed E-state index contributed by atoms with van der Waals surface area (Å²) in [6.45, 7) is 2.08. The molecule has 1 aliphatic rings. The summed E-state index contributed by atoms with van der Waals surface area (Å²) < 4.78 is 16.4. The molecule has 0 N–H and O–H groups in total. The molecule has 0 saturated carbocycles. The molecule has 0 amide bonds. The van der Waals surface area contributed by atoms with E-state index in [4.69, 9.17) is 14.2 Å². The Morgan fingerprint density at radius 3 is 2.76 bits per heavy atom. The van der Waals surface area contributed by atoms with Crippen molar-refractivity contribution in [3.63, 3.8) is 0 Å². The summed E-state index contributed by atoms with van der Waals surface area (Å²) in [5, 5.41) is 0. The minimum atomic E-state index is -0.672. The number of benzene rings is 1. The van der Waals surface area contributed by atoms with Crippen LogP contribution >= 0.6 is 0 Å². The standard InChI is InChI=1S/C16H15NO4/c1-10-3-4-12(8-17-10)21-15-9-20-14-6-5-11(19-2)7-13(14)16(15)18/h3-8,15H,9H2,1-2H3. The summed E-state index contributed by atoms with van der Waals surface area (Å²) in [5.41, 5.74) is 1.37. The Morgan fingerprint density at radius 2 is 2.05 bits per heavy atom. The number of ketones is 1. The van der Waals surface area contributed by atoms with E-state index in [2.05, 4.69) is 4.98 Å². The van der Waals surface area contributed by atoms with Gasteiger partial charge in [0, 0.05) is 5.69 Å². The summed E-state index contributed by atoms with van der Waals surface area (Å²) in [6, 6.07) is 8.78. The number of nitrogens with zero attached hydrogens (tertiary/aromatic N) is 1. The van der Waals surface area contributed by atoms with Crippen molar-refractivity contribution in [2.45, 2.75) is 13.0 Å². The van der Waals surface area contributed by atoms with Gasteiger partial charge < -0.3 is 14.2 Å². The van der Waals surface area contributed by atoms with Crippen LogP contribution in [-0.2, 0) is 0 Å². The van der Waals surface area contributed by atoms with E-state index < -0.39 is 6.10 Å². The van der Waals surface area contributed by atoms with Gasteiger partial charge in [-0.3, -0.25) is 9.78 Å². The number of methoxy groups -OCH3 is 1. The Bertz CT molecular complexity index is 666. The molecule has 0 spiro atoms. The number of fused-ring (bicyclic) bond motifs is 1. The number of ether oxygens (including phenoxy) is 3. The Balaban J connectivity index is 1.82. The molecule has 3 rings (SSSR count). The van der Waals surface area contributed by atoms with E-state index in [0.717, 1.165) is 5.69 Å². The number of aryl methyl sites for hydroxylation is 1. The smallest absolute Gasteiger partial charge is 0.210 e. The largest absolute Gasteiger partial charge is 0.497 e. The van der Waals surface area contributed by atoms with Crippen LogP contribution in [-0.4, -0.2) is 30.6 Å². The molecule has 1 aromatic carbocycles. The number of hydrogen-bond donors (Lipinski definition) is 0. The fourth-order valence-corrected chi connectivity index (χ4v) is 2.14. The van der Waals surface area contributed by atoms with Crippen LogP contribution in [0.5, 0.6) is 17.2 Å². The van der Waals surface area contributed by atoms with Crippen LogP contribution in [0.2, 0.25) is 0 Å². The number of carbonyl (C=O) groups is 1. The van der Waals surface area contributed by atoms with Gasteiger partial charge in [-0.15, -0.1) is 0 Å². The second kappa shape index (κ2) is 5.44. The molecule has 0 bridgehead atoms. The number of hydrogen-bond acceptors (Lipinski definition) is 5. The van der Waals surface area contributed by atoms with Crippen molar-refractivity contribution in [3.05, 3.63) is 47.8 Å². The van der Waals surface area contributed by atoms with Gasteiger partial charge in [-0.2, -0.15) is 0 Å². The zero-order chi connectivity index (χ0) is 14.8. The first kappa shape index (κ1) is 13.4. The van der Waals surface area contributed by atoms with Crippen LogP contribution in [0.3, 0.4) is 0 Å². The Morgan fingerprint density at radius 1 is 1.24 bits per heavy atom. The van der Waals surface area contributed by atoms with E-state index in [1.807, 2.05) is 13.0 Å². The molecule has 0 aliphatic carbocycles. The highest BCUT2D eigenvalue weighted by Gasteiger charge is 2.31. The van der Waals surface area contributed by atoms with Crippen molar-refractivity contribution in [2.24, 2.45) is 0 Å². The van der Waals surface area contributed by atoms with Crippen LogP contribution in [0.1, 0.15) is 16.1 Å². The molecule has 21 heavy (non-hydrogen) atoms. The van der Waals surface area contributed by atoms with Crippen molar-refractivity contribution < 1.29 is 19.0 Å². The van der Waals surface area contributed by atoms with E-state index in [0.29, 0.717) is 22.8 Å². The summed E-state index contributed by atoms with van der Waals surface area (Å²) in [7, 11) is 1.56. The maximum Gasteiger partial charge on any atom is 0.210 e. The molecule has 0 radical (unpaired) electrons. The maximum atomic E-state index is 12.5. The lowest BCUT2D eigenvalue weighted by Crippen LogP contribution is -2.37. The fourth-order valence-electron chi connectivity index (χ4n) is 2.14. The van der Waals surface area contributed by atoms with Gasteiger partial charge in [-0.1, -0.05) is 0 Å². The van der Waals surface area contributed by atoms with Crippen molar-refractivity contribution in [2.75, 3.05) is 13.7 Å². The number of carbonyl (C=O) groups excluding carboxylic acids is 1. The first-order valence-corrected chi connectivity index (χ1v) is 6.62. The number of aromatic nitrogens is 1. The highest BCUT2D eigenvalue weighted by atomic mass is 16.5. The molecule has 2 aromatic rings. The molecule has 5 nitrogen and oxygen atoms in total. The van der Waals surface area contributed by atoms with Crippen molar-refractivity contribution in [1.82, 2.24) is 4.98 Å². The lowest BCUT2D eigenvalue weighted by molar-refractivity contribution is 0.0627. The van der Waals surface area contributed by atoms with Crippen LogP contribution in [0.15, 0.2) is 36.5 Å². The molecule has 0 fully saturated rings. The molecule has 1 unspecified atom stereocenters. The van der Waals surface area contributed by atoms with E-state index in [9.17, 15) is 4.79 Å². The number of rotatable bonds is 3. The highest BCUT2D eigenvalue weighted by molar-refractivity contribution is 6.03. The van der Waals surface area contributed by atoms with E-state index in [1.165, 1.54) is 0 Å². The summed E-state index contributed by atoms with van der Waals surface area (Å²) in [4.78, 5) is 16.6. The topological polar surface area (TPSA) is 57.7 Å². The van der Waals surface area contributed by atoms with Crippen LogP contribution < -0.4 is 14.2 Å². The van der Waals surface area contributed by atoms with Gasteiger partial charge in [0.15, 0.2) is 6.10 Å².